The number of benzene rings is 1. The van der Waals surface area contributed by atoms with Crippen LogP contribution in [0.1, 0.15) is 21.6 Å². The maximum atomic E-state index is 12.2. The van der Waals surface area contributed by atoms with E-state index in [-0.39, 0.29) is 11.9 Å². The molecule has 2 N–H and O–H groups in total. The average Bonchev–Trinajstić information content (AvgIpc) is 2.82. The second-order valence-corrected chi connectivity index (χ2v) is 4.26. The van der Waals surface area contributed by atoms with Crippen molar-refractivity contribution >= 4 is 11.9 Å². The second-order valence-electron chi connectivity index (χ2n) is 4.26. The van der Waals surface area contributed by atoms with Crippen molar-refractivity contribution < 1.29 is 9.21 Å². The van der Waals surface area contributed by atoms with E-state index in [4.69, 9.17) is 4.42 Å². The molecular weight excluding hydrogens is 242 g/mol. The number of aryl methyl sites for hydroxylation is 1. The second kappa shape index (κ2) is 6.15. The molecular formula is C14H17N3O2. The largest absolute Gasteiger partial charge is 0.432 e. The zero-order chi connectivity index (χ0) is 13.7. The van der Waals surface area contributed by atoms with Crippen molar-refractivity contribution in [1.82, 2.24) is 10.3 Å². The molecule has 0 saturated carbocycles. The van der Waals surface area contributed by atoms with Gasteiger partial charge in [-0.05, 0) is 38.6 Å². The van der Waals surface area contributed by atoms with E-state index in [1.165, 1.54) is 6.26 Å². The van der Waals surface area contributed by atoms with Crippen LogP contribution < -0.4 is 10.6 Å². The third kappa shape index (κ3) is 3.42. The molecule has 1 aromatic heterocycles. The fraction of sp³-hybridized carbons (Fsp3) is 0.286. The number of amides is 1. The molecule has 0 saturated heterocycles. The summed E-state index contributed by atoms with van der Waals surface area (Å²) in [5, 5.41) is 5.73. The summed E-state index contributed by atoms with van der Waals surface area (Å²) in [5.41, 5.74) is 2.38. The third-order valence-corrected chi connectivity index (χ3v) is 2.75. The van der Waals surface area contributed by atoms with E-state index in [1.807, 2.05) is 25.2 Å². The topological polar surface area (TPSA) is 67.2 Å². The monoisotopic (exact) mass is 259 g/mol. The zero-order valence-corrected chi connectivity index (χ0v) is 11.1. The third-order valence-electron chi connectivity index (χ3n) is 2.75. The minimum absolute atomic E-state index is 0.200. The molecule has 5 heteroatoms. The molecule has 0 spiro atoms. The molecule has 1 amide bonds. The predicted molar refractivity (Wildman–Crippen MR) is 73.3 cm³/mol. The Hall–Kier alpha value is -2.14. The lowest BCUT2D eigenvalue weighted by Crippen LogP contribution is -2.17. The van der Waals surface area contributed by atoms with Crippen LogP contribution in [0.3, 0.4) is 0 Å². The van der Waals surface area contributed by atoms with Crippen LogP contribution in [-0.4, -0.2) is 24.5 Å². The summed E-state index contributed by atoms with van der Waals surface area (Å²) in [4.78, 5) is 16.2. The maximum absolute atomic E-state index is 12.2. The molecule has 0 aliphatic rings. The highest BCUT2D eigenvalue weighted by Gasteiger charge is 2.12. The number of oxazole rings is 1. The number of rotatable bonds is 5. The number of likely N-dealkylation sites (N-methyl/N-ethyl adjacent to an activating group) is 1. The quantitative estimate of drug-likeness (QED) is 0.861. The molecule has 1 heterocycles. The summed E-state index contributed by atoms with van der Waals surface area (Å²) in [6.07, 6.45) is 2.30. The van der Waals surface area contributed by atoms with E-state index in [1.54, 1.807) is 13.0 Å². The molecule has 1 aromatic carbocycles. The van der Waals surface area contributed by atoms with Gasteiger partial charge in [0.15, 0.2) is 0 Å². The number of nitrogens with one attached hydrogen (secondary N) is 2. The molecule has 0 atom stereocenters. The Morgan fingerprint density at radius 2 is 2.16 bits per heavy atom. The lowest BCUT2D eigenvalue weighted by Gasteiger charge is -2.08. The number of hydrogen-bond acceptors (Lipinski definition) is 4. The Bertz CT molecular complexity index is 563. The van der Waals surface area contributed by atoms with Crippen LogP contribution in [0.5, 0.6) is 0 Å². The van der Waals surface area contributed by atoms with Gasteiger partial charge in [-0.25, -0.2) is 0 Å². The molecule has 5 nitrogen and oxygen atoms in total. The fourth-order valence-corrected chi connectivity index (χ4v) is 1.80. The van der Waals surface area contributed by atoms with Gasteiger partial charge in [-0.3, -0.25) is 10.1 Å². The predicted octanol–water partition coefficient (Wildman–Crippen LogP) is 2.00. The van der Waals surface area contributed by atoms with Crippen LogP contribution in [0.25, 0.3) is 0 Å². The molecule has 19 heavy (non-hydrogen) atoms. The first-order valence-corrected chi connectivity index (χ1v) is 6.16. The van der Waals surface area contributed by atoms with Crippen LogP contribution in [0, 0.1) is 6.92 Å². The summed E-state index contributed by atoms with van der Waals surface area (Å²) < 4.78 is 5.12. The summed E-state index contributed by atoms with van der Waals surface area (Å²) in [5.74, 6) is -0.200. The Morgan fingerprint density at radius 3 is 2.84 bits per heavy atom. The number of carbonyl (C=O) groups is 1. The Labute approximate surface area is 112 Å². The molecule has 2 aromatic rings. The van der Waals surface area contributed by atoms with Gasteiger partial charge in [-0.2, -0.15) is 4.98 Å². The van der Waals surface area contributed by atoms with Crippen LogP contribution in [0.15, 0.2) is 34.9 Å². The SMILES string of the molecule is CNCCc1ccccc1C(=O)Nc1nc(C)co1. The highest BCUT2D eigenvalue weighted by molar-refractivity contribution is 6.04. The maximum Gasteiger partial charge on any atom is 0.301 e. The molecule has 0 aliphatic heterocycles. The van der Waals surface area contributed by atoms with Crippen LogP contribution in [0.2, 0.25) is 0 Å². The summed E-state index contributed by atoms with van der Waals surface area (Å²) in [7, 11) is 1.89. The van der Waals surface area contributed by atoms with Crippen molar-refractivity contribution in [2.45, 2.75) is 13.3 Å². The van der Waals surface area contributed by atoms with Gasteiger partial charge < -0.3 is 9.73 Å². The van der Waals surface area contributed by atoms with E-state index < -0.39 is 0 Å². The lowest BCUT2D eigenvalue weighted by atomic mass is 10.0. The van der Waals surface area contributed by atoms with E-state index in [0.717, 1.165) is 24.2 Å². The highest BCUT2D eigenvalue weighted by atomic mass is 16.4. The molecule has 0 bridgehead atoms. The summed E-state index contributed by atoms with van der Waals surface area (Å²) >= 11 is 0. The van der Waals surface area contributed by atoms with Gasteiger partial charge in [0.25, 0.3) is 5.91 Å². The van der Waals surface area contributed by atoms with Gasteiger partial charge in [0.2, 0.25) is 0 Å². The summed E-state index contributed by atoms with van der Waals surface area (Å²) in [6, 6.07) is 7.75. The molecule has 100 valence electrons. The van der Waals surface area contributed by atoms with Gasteiger partial charge in [0.05, 0.1) is 5.69 Å². The number of anilines is 1. The molecule has 2 rings (SSSR count). The Morgan fingerprint density at radius 1 is 1.37 bits per heavy atom. The normalized spacial score (nSPS) is 10.4. The molecule has 0 aliphatic carbocycles. The first-order valence-electron chi connectivity index (χ1n) is 6.16. The van der Waals surface area contributed by atoms with E-state index in [0.29, 0.717) is 5.56 Å². The van der Waals surface area contributed by atoms with E-state index in [9.17, 15) is 4.79 Å². The minimum Gasteiger partial charge on any atom is -0.432 e. The van der Waals surface area contributed by atoms with Crippen molar-refractivity contribution in [1.29, 1.82) is 0 Å². The lowest BCUT2D eigenvalue weighted by molar-refractivity contribution is 0.102. The zero-order valence-electron chi connectivity index (χ0n) is 11.1. The van der Waals surface area contributed by atoms with Crippen LogP contribution in [0.4, 0.5) is 6.01 Å². The molecule has 0 unspecified atom stereocenters. The number of carbonyl (C=O) groups excluding carboxylic acids is 1. The first kappa shape index (κ1) is 13.3. The van der Waals surface area contributed by atoms with E-state index in [2.05, 4.69) is 15.6 Å². The van der Waals surface area contributed by atoms with Crippen molar-refractivity contribution in [3.8, 4) is 0 Å². The van der Waals surface area contributed by atoms with Crippen LogP contribution >= 0.6 is 0 Å². The van der Waals surface area contributed by atoms with Crippen molar-refractivity contribution in [2.24, 2.45) is 0 Å². The van der Waals surface area contributed by atoms with Gasteiger partial charge in [-0.1, -0.05) is 18.2 Å². The van der Waals surface area contributed by atoms with Gasteiger partial charge in [0, 0.05) is 5.56 Å². The van der Waals surface area contributed by atoms with Gasteiger partial charge in [0.1, 0.15) is 6.26 Å². The van der Waals surface area contributed by atoms with Crippen molar-refractivity contribution in [3.63, 3.8) is 0 Å². The number of aromatic nitrogens is 1. The number of nitrogens with zero attached hydrogens (tertiary/aromatic N) is 1. The molecule has 0 fully saturated rings. The Balaban J connectivity index is 2.14. The van der Waals surface area contributed by atoms with E-state index >= 15 is 0 Å². The first-order chi connectivity index (χ1) is 9.20. The highest BCUT2D eigenvalue weighted by Crippen LogP contribution is 2.13. The van der Waals surface area contributed by atoms with Gasteiger partial charge >= 0.3 is 6.01 Å². The molecule has 0 radical (unpaired) electrons. The standard InChI is InChI=1S/C14H17N3O2/c1-10-9-19-14(16-10)17-13(18)12-6-4-3-5-11(12)7-8-15-2/h3-6,9,15H,7-8H2,1-2H3,(H,16,17,18). The van der Waals surface area contributed by atoms with Crippen molar-refractivity contribution in [2.75, 3.05) is 18.9 Å². The smallest absolute Gasteiger partial charge is 0.301 e. The fourth-order valence-electron chi connectivity index (χ4n) is 1.80. The number of hydrogen-bond donors (Lipinski definition) is 2. The average molecular weight is 259 g/mol. The minimum atomic E-state index is -0.200. The Kier molecular flexibility index (Phi) is 4.30. The summed E-state index contributed by atoms with van der Waals surface area (Å²) in [6.45, 7) is 2.63. The van der Waals surface area contributed by atoms with Crippen molar-refractivity contribution in [3.05, 3.63) is 47.3 Å². The van der Waals surface area contributed by atoms with Gasteiger partial charge in [-0.15, -0.1) is 0 Å². The van der Waals surface area contributed by atoms with Crippen LogP contribution in [-0.2, 0) is 6.42 Å².